The van der Waals surface area contributed by atoms with Crippen molar-refractivity contribution in [2.45, 2.75) is 18.4 Å². The average Bonchev–Trinajstić information content (AvgIpc) is 2.42. The highest BCUT2D eigenvalue weighted by Crippen LogP contribution is 2.36. The molecule has 2 N–H and O–H groups in total. The molecular formula is C15H17N3S. The lowest BCUT2D eigenvalue weighted by Gasteiger charge is -2.31. The van der Waals surface area contributed by atoms with Crippen molar-refractivity contribution in [3.05, 3.63) is 47.8 Å². The zero-order valence-corrected chi connectivity index (χ0v) is 11.8. The number of pyridine rings is 1. The van der Waals surface area contributed by atoms with E-state index in [0.717, 1.165) is 30.2 Å². The standard InChI is InChI=1S/C15H17N3S/c1-11-3-2-6-17-13(11)10-18-7-8-19-15-5-4-12(16)9-14(15)18/h2-6,9H,7-8,10,16H2,1H3. The first kappa shape index (κ1) is 12.4. The molecule has 3 nitrogen and oxygen atoms in total. The number of nitrogens with zero attached hydrogens (tertiary/aromatic N) is 2. The lowest BCUT2D eigenvalue weighted by molar-refractivity contribution is 0.792. The molecule has 0 bridgehead atoms. The van der Waals surface area contributed by atoms with Crippen LogP contribution >= 0.6 is 11.8 Å². The second-order valence-corrected chi connectivity index (χ2v) is 5.90. The first-order chi connectivity index (χ1) is 9.24. The Hall–Kier alpha value is -1.68. The Kier molecular flexibility index (Phi) is 3.34. The molecule has 98 valence electrons. The molecule has 3 rings (SSSR count). The molecule has 0 saturated heterocycles. The summed E-state index contributed by atoms with van der Waals surface area (Å²) in [5.74, 6) is 1.11. The maximum Gasteiger partial charge on any atom is 0.0626 e. The van der Waals surface area contributed by atoms with Crippen molar-refractivity contribution in [1.29, 1.82) is 0 Å². The minimum atomic E-state index is 0.823. The maximum atomic E-state index is 5.92. The van der Waals surface area contributed by atoms with Gasteiger partial charge in [0.2, 0.25) is 0 Å². The molecule has 1 aliphatic rings. The molecule has 0 unspecified atom stereocenters. The summed E-state index contributed by atoms with van der Waals surface area (Å²) in [5.41, 5.74) is 10.4. The molecule has 0 aliphatic carbocycles. The topological polar surface area (TPSA) is 42.2 Å². The number of nitrogen functional groups attached to an aromatic ring is 1. The number of benzene rings is 1. The van der Waals surface area contributed by atoms with Crippen LogP contribution in [0, 0.1) is 6.92 Å². The van der Waals surface area contributed by atoms with Crippen LogP contribution in [0.5, 0.6) is 0 Å². The van der Waals surface area contributed by atoms with E-state index in [0.29, 0.717) is 0 Å². The molecule has 1 aromatic carbocycles. The van der Waals surface area contributed by atoms with E-state index < -0.39 is 0 Å². The predicted molar refractivity (Wildman–Crippen MR) is 81.6 cm³/mol. The molecule has 1 aliphatic heterocycles. The number of thioether (sulfide) groups is 1. The summed E-state index contributed by atoms with van der Waals surface area (Å²) in [5, 5.41) is 0. The van der Waals surface area contributed by atoms with Gasteiger partial charge in [0.05, 0.1) is 17.9 Å². The molecule has 1 aromatic heterocycles. The predicted octanol–water partition coefficient (Wildman–Crippen LogP) is 3.08. The maximum absolute atomic E-state index is 5.92. The summed E-state index contributed by atoms with van der Waals surface area (Å²) in [6.45, 7) is 4.00. The Morgan fingerprint density at radius 2 is 2.26 bits per heavy atom. The molecule has 4 heteroatoms. The van der Waals surface area contributed by atoms with E-state index >= 15 is 0 Å². The molecule has 2 aromatic rings. The van der Waals surface area contributed by atoms with Crippen LogP contribution in [0.3, 0.4) is 0 Å². The van der Waals surface area contributed by atoms with Crippen LogP contribution in [-0.4, -0.2) is 17.3 Å². The fraction of sp³-hybridized carbons (Fsp3) is 0.267. The molecule has 19 heavy (non-hydrogen) atoms. The van der Waals surface area contributed by atoms with E-state index in [1.54, 1.807) is 0 Å². The lowest BCUT2D eigenvalue weighted by atomic mass is 10.2. The number of anilines is 2. The number of aromatic nitrogens is 1. The molecule has 0 fully saturated rings. The van der Waals surface area contributed by atoms with Gasteiger partial charge in [0, 0.05) is 29.1 Å². The molecule has 0 atom stereocenters. The van der Waals surface area contributed by atoms with Gasteiger partial charge >= 0.3 is 0 Å². The highest BCUT2D eigenvalue weighted by molar-refractivity contribution is 7.99. The van der Waals surface area contributed by atoms with Crippen LogP contribution in [0.25, 0.3) is 0 Å². The summed E-state index contributed by atoms with van der Waals surface area (Å²) in [6.07, 6.45) is 1.86. The van der Waals surface area contributed by atoms with Gasteiger partial charge in [0.25, 0.3) is 0 Å². The van der Waals surface area contributed by atoms with Crippen molar-refractivity contribution in [1.82, 2.24) is 4.98 Å². The molecule has 2 heterocycles. The van der Waals surface area contributed by atoms with Crippen molar-refractivity contribution in [3.8, 4) is 0 Å². The van der Waals surface area contributed by atoms with Gasteiger partial charge in [-0.15, -0.1) is 11.8 Å². The molecule has 0 saturated carbocycles. The van der Waals surface area contributed by atoms with Crippen LogP contribution < -0.4 is 10.6 Å². The number of hydrogen-bond acceptors (Lipinski definition) is 4. The van der Waals surface area contributed by atoms with Crippen LogP contribution in [0.2, 0.25) is 0 Å². The number of aryl methyl sites for hydroxylation is 1. The zero-order valence-electron chi connectivity index (χ0n) is 11.0. The zero-order chi connectivity index (χ0) is 13.2. The van der Waals surface area contributed by atoms with Crippen LogP contribution in [-0.2, 0) is 6.54 Å². The fourth-order valence-electron chi connectivity index (χ4n) is 2.32. The van der Waals surface area contributed by atoms with Crippen molar-refractivity contribution < 1.29 is 0 Å². The minimum absolute atomic E-state index is 0.823. The minimum Gasteiger partial charge on any atom is -0.399 e. The van der Waals surface area contributed by atoms with Gasteiger partial charge in [0.15, 0.2) is 0 Å². The van der Waals surface area contributed by atoms with Gasteiger partial charge in [-0.05, 0) is 36.8 Å². The molecule has 0 amide bonds. The smallest absolute Gasteiger partial charge is 0.0626 e. The van der Waals surface area contributed by atoms with Gasteiger partial charge in [-0.1, -0.05) is 6.07 Å². The van der Waals surface area contributed by atoms with Gasteiger partial charge in [-0.25, -0.2) is 0 Å². The van der Waals surface area contributed by atoms with E-state index in [1.165, 1.54) is 16.1 Å². The SMILES string of the molecule is Cc1cccnc1CN1CCSc2ccc(N)cc21. The van der Waals surface area contributed by atoms with Gasteiger partial charge < -0.3 is 10.6 Å². The Morgan fingerprint density at radius 3 is 3.11 bits per heavy atom. The number of hydrogen-bond donors (Lipinski definition) is 1. The Balaban J connectivity index is 1.92. The normalized spacial score (nSPS) is 14.3. The largest absolute Gasteiger partial charge is 0.399 e. The summed E-state index contributed by atoms with van der Waals surface area (Å²) >= 11 is 1.90. The van der Waals surface area contributed by atoms with Crippen molar-refractivity contribution >= 4 is 23.1 Å². The third-order valence-electron chi connectivity index (χ3n) is 3.40. The van der Waals surface area contributed by atoms with E-state index in [9.17, 15) is 0 Å². The molecular weight excluding hydrogens is 254 g/mol. The lowest BCUT2D eigenvalue weighted by Crippen LogP contribution is -2.29. The Labute approximate surface area is 117 Å². The van der Waals surface area contributed by atoms with E-state index in [-0.39, 0.29) is 0 Å². The van der Waals surface area contributed by atoms with Gasteiger partial charge in [0.1, 0.15) is 0 Å². The second-order valence-electron chi connectivity index (χ2n) is 4.76. The third kappa shape index (κ3) is 2.54. The number of fused-ring (bicyclic) bond motifs is 1. The van der Waals surface area contributed by atoms with Crippen LogP contribution in [0.4, 0.5) is 11.4 Å². The monoisotopic (exact) mass is 271 g/mol. The highest BCUT2D eigenvalue weighted by atomic mass is 32.2. The summed E-state index contributed by atoms with van der Waals surface area (Å²) in [6, 6.07) is 10.3. The summed E-state index contributed by atoms with van der Waals surface area (Å²) < 4.78 is 0. The highest BCUT2D eigenvalue weighted by Gasteiger charge is 2.18. The van der Waals surface area contributed by atoms with Crippen molar-refractivity contribution in [2.24, 2.45) is 0 Å². The third-order valence-corrected chi connectivity index (χ3v) is 4.44. The quantitative estimate of drug-likeness (QED) is 0.852. The molecule has 0 spiro atoms. The van der Waals surface area contributed by atoms with Gasteiger partial charge in [-0.3, -0.25) is 4.98 Å². The Bertz CT molecular complexity index is 598. The van der Waals surface area contributed by atoms with Crippen molar-refractivity contribution in [3.63, 3.8) is 0 Å². The summed E-state index contributed by atoms with van der Waals surface area (Å²) in [7, 11) is 0. The first-order valence-electron chi connectivity index (χ1n) is 6.42. The Morgan fingerprint density at radius 1 is 1.37 bits per heavy atom. The van der Waals surface area contributed by atoms with Crippen molar-refractivity contribution in [2.75, 3.05) is 22.9 Å². The summed E-state index contributed by atoms with van der Waals surface area (Å²) in [4.78, 5) is 8.17. The number of rotatable bonds is 2. The first-order valence-corrected chi connectivity index (χ1v) is 7.40. The van der Waals surface area contributed by atoms with Gasteiger partial charge in [-0.2, -0.15) is 0 Å². The fourth-order valence-corrected chi connectivity index (χ4v) is 3.35. The second kappa shape index (κ2) is 5.13. The van der Waals surface area contributed by atoms with Crippen LogP contribution in [0.15, 0.2) is 41.4 Å². The van der Waals surface area contributed by atoms with Crippen LogP contribution in [0.1, 0.15) is 11.3 Å². The average molecular weight is 271 g/mol. The van der Waals surface area contributed by atoms with E-state index in [2.05, 4.69) is 35.0 Å². The number of nitrogens with two attached hydrogens (primary N) is 1. The van der Waals surface area contributed by atoms with E-state index in [4.69, 9.17) is 5.73 Å². The molecule has 0 radical (unpaired) electrons. The van der Waals surface area contributed by atoms with E-state index in [1.807, 2.05) is 30.1 Å².